The average Bonchev–Trinajstić information content (AvgIpc) is 3.55. The molecule has 0 unspecified atom stereocenters. The predicted molar refractivity (Wildman–Crippen MR) is 194 cm³/mol. The van der Waals surface area contributed by atoms with Crippen molar-refractivity contribution >= 4 is 41.1 Å². The van der Waals surface area contributed by atoms with Crippen LogP contribution in [0.5, 0.6) is 0 Å². The molecular weight excluding hydrogens is 688 g/mol. The lowest BCUT2D eigenvalue weighted by molar-refractivity contribution is -0.384. The molecule has 276 valence electrons. The van der Waals surface area contributed by atoms with Crippen LogP contribution in [0.1, 0.15) is 106 Å². The Morgan fingerprint density at radius 1 is 1.02 bits per heavy atom. The molecule has 6 rings (SSSR count). The number of nitrogens with zero attached hydrogens (tertiary/aromatic N) is 6. The van der Waals surface area contributed by atoms with E-state index in [2.05, 4.69) is 16.8 Å². The molecule has 0 spiro atoms. The first kappa shape index (κ1) is 37.0. The van der Waals surface area contributed by atoms with Crippen molar-refractivity contribution in [3.05, 3.63) is 92.4 Å². The SMILES string of the molecule is CC(C)N(C[C@@H](C(=O)N1[C@@H]2CC[C@H]1CN(c1ncnc3c1[C@H](C)C[C@H]3OC(=O)c1ccc([N+](=O)[O-])cc1)C2)c1ccc(Cl)cc1)C(=O)OC(C)(C)C. The van der Waals surface area contributed by atoms with Crippen molar-refractivity contribution < 1.29 is 28.8 Å². The quantitative estimate of drug-likeness (QED) is 0.127. The maximum Gasteiger partial charge on any atom is 0.410 e. The van der Waals surface area contributed by atoms with E-state index in [1.807, 2.05) is 51.7 Å². The second kappa shape index (κ2) is 14.7. The number of carbonyl (C=O) groups excluding carboxylic acids is 3. The summed E-state index contributed by atoms with van der Waals surface area (Å²) in [7, 11) is 0. The van der Waals surface area contributed by atoms with Gasteiger partial charge < -0.3 is 24.2 Å². The zero-order valence-corrected chi connectivity index (χ0v) is 31.1. The Morgan fingerprint density at radius 3 is 2.23 bits per heavy atom. The monoisotopic (exact) mass is 732 g/mol. The summed E-state index contributed by atoms with van der Waals surface area (Å²) in [5.41, 5.74) is 1.78. The third kappa shape index (κ3) is 7.69. The van der Waals surface area contributed by atoms with Crippen LogP contribution in [-0.2, 0) is 14.3 Å². The summed E-state index contributed by atoms with van der Waals surface area (Å²) in [5, 5.41) is 11.6. The van der Waals surface area contributed by atoms with Gasteiger partial charge in [-0.2, -0.15) is 0 Å². The first-order valence-corrected chi connectivity index (χ1v) is 18.1. The summed E-state index contributed by atoms with van der Waals surface area (Å²) in [6.45, 7) is 12.7. The molecule has 0 saturated carbocycles. The maximum absolute atomic E-state index is 14.7. The topological polar surface area (TPSA) is 148 Å². The Balaban J connectivity index is 1.22. The zero-order valence-electron chi connectivity index (χ0n) is 30.3. The molecule has 2 bridgehead atoms. The number of aromatic nitrogens is 2. The highest BCUT2D eigenvalue weighted by atomic mass is 35.5. The van der Waals surface area contributed by atoms with Gasteiger partial charge in [0.25, 0.3) is 5.69 Å². The van der Waals surface area contributed by atoms with Crippen molar-refractivity contribution in [1.29, 1.82) is 0 Å². The highest BCUT2D eigenvalue weighted by Crippen LogP contribution is 2.46. The summed E-state index contributed by atoms with van der Waals surface area (Å²) in [4.78, 5) is 66.7. The number of fused-ring (bicyclic) bond motifs is 3. The smallest absolute Gasteiger partial charge is 0.410 e. The van der Waals surface area contributed by atoms with Crippen LogP contribution in [-0.4, -0.2) is 86.0 Å². The van der Waals surface area contributed by atoms with Crippen molar-refractivity contribution in [2.75, 3.05) is 24.5 Å². The van der Waals surface area contributed by atoms with Crippen LogP contribution in [0, 0.1) is 10.1 Å². The van der Waals surface area contributed by atoms with Crippen LogP contribution in [0.25, 0.3) is 0 Å². The van der Waals surface area contributed by atoms with Crippen LogP contribution in [0.3, 0.4) is 0 Å². The van der Waals surface area contributed by atoms with Crippen molar-refractivity contribution in [2.45, 2.75) is 102 Å². The molecule has 2 fully saturated rings. The standard InChI is InChI=1S/C38H45ClN6O7/c1-22(2)43(37(48)52-38(4,5)6)20-30(24-7-11-26(39)12-8-24)35(46)44-28-15-16-29(44)19-42(18-28)34-32-23(3)17-31(33(32)40-21-41-34)51-36(47)25-9-13-27(14-10-25)45(49)50/h7-14,21-23,28-31H,15-20H2,1-6H3/t23-,28-,29+,30-,31-/m1/s1. The second-order valence-corrected chi connectivity index (χ2v) is 15.6. The molecular formula is C38H45ClN6O7. The largest absolute Gasteiger partial charge is 0.452 e. The number of piperazine rings is 1. The Hall–Kier alpha value is -4.78. The van der Waals surface area contributed by atoms with E-state index in [4.69, 9.17) is 26.1 Å². The number of halogens is 1. The molecule has 14 heteroatoms. The molecule has 2 saturated heterocycles. The minimum atomic E-state index is -0.688. The average molecular weight is 733 g/mol. The molecule has 3 aliphatic rings. The van der Waals surface area contributed by atoms with Crippen molar-refractivity contribution in [1.82, 2.24) is 19.8 Å². The molecule has 0 N–H and O–H groups in total. The first-order valence-electron chi connectivity index (χ1n) is 17.7. The number of hydrogen-bond acceptors (Lipinski definition) is 10. The lowest BCUT2D eigenvalue weighted by Gasteiger charge is -2.44. The zero-order chi connectivity index (χ0) is 37.5. The Morgan fingerprint density at radius 2 is 1.65 bits per heavy atom. The van der Waals surface area contributed by atoms with Crippen LogP contribution in [0.4, 0.5) is 16.3 Å². The van der Waals surface area contributed by atoms with Gasteiger partial charge in [0.15, 0.2) is 0 Å². The summed E-state index contributed by atoms with van der Waals surface area (Å²) >= 11 is 6.24. The summed E-state index contributed by atoms with van der Waals surface area (Å²) in [5.74, 6) is -0.467. The molecule has 3 heterocycles. The number of amides is 2. The van der Waals surface area contributed by atoms with Crippen molar-refractivity contribution in [3.63, 3.8) is 0 Å². The number of nitro groups is 1. The van der Waals surface area contributed by atoms with Gasteiger partial charge in [-0.1, -0.05) is 30.7 Å². The molecule has 5 atom stereocenters. The Kier molecular flexibility index (Phi) is 10.4. The van der Waals surface area contributed by atoms with Gasteiger partial charge in [0, 0.05) is 60.5 Å². The lowest BCUT2D eigenvalue weighted by Crippen LogP contribution is -2.58. The maximum atomic E-state index is 14.7. The lowest BCUT2D eigenvalue weighted by atomic mass is 9.95. The number of nitro benzene ring substituents is 1. The van der Waals surface area contributed by atoms with Gasteiger partial charge in [-0.3, -0.25) is 14.9 Å². The van der Waals surface area contributed by atoms with Gasteiger partial charge in [-0.15, -0.1) is 0 Å². The van der Waals surface area contributed by atoms with E-state index in [1.165, 1.54) is 30.6 Å². The normalized spacial score (nSPS) is 21.5. The van der Waals surface area contributed by atoms with E-state index < -0.39 is 34.6 Å². The van der Waals surface area contributed by atoms with E-state index in [0.717, 1.165) is 29.8 Å². The number of carbonyl (C=O) groups is 3. The van der Waals surface area contributed by atoms with E-state index in [-0.39, 0.29) is 47.7 Å². The van der Waals surface area contributed by atoms with Crippen molar-refractivity contribution in [2.24, 2.45) is 0 Å². The van der Waals surface area contributed by atoms with E-state index in [0.29, 0.717) is 30.2 Å². The van der Waals surface area contributed by atoms with Gasteiger partial charge >= 0.3 is 12.1 Å². The molecule has 13 nitrogen and oxygen atoms in total. The first-order chi connectivity index (χ1) is 24.6. The van der Waals surface area contributed by atoms with Crippen LogP contribution in [0.2, 0.25) is 5.02 Å². The fraction of sp³-hybridized carbons (Fsp3) is 0.500. The van der Waals surface area contributed by atoms with E-state index in [1.54, 1.807) is 17.0 Å². The summed E-state index contributed by atoms with van der Waals surface area (Å²) in [6.07, 6.45) is 2.62. The molecule has 2 aromatic carbocycles. The minimum absolute atomic E-state index is 0.00216. The number of hydrogen-bond donors (Lipinski definition) is 0. The number of anilines is 1. The summed E-state index contributed by atoms with van der Waals surface area (Å²) < 4.78 is 11.6. The minimum Gasteiger partial charge on any atom is -0.452 e. The summed E-state index contributed by atoms with van der Waals surface area (Å²) in [6, 6.07) is 12.2. The van der Waals surface area contributed by atoms with E-state index in [9.17, 15) is 24.5 Å². The van der Waals surface area contributed by atoms with Crippen LogP contribution in [0.15, 0.2) is 54.9 Å². The second-order valence-electron chi connectivity index (χ2n) is 15.2. The Labute approximate surface area is 308 Å². The van der Waals surface area contributed by atoms with Crippen LogP contribution >= 0.6 is 11.6 Å². The molecule has 0 radical (unpaired) electrons. The highest BCUT2D eigenvalue weighted by Gasteiger charge is 2.47. The van der Waals surface area contributed by atoms with Gasteiger partial charge in [0.1, 0.15) is 23.9 Å². The molecule has 2 amide bonds. The molecule has 3 aromatic rings. The number of ether oxygens (including phenoxy) is 2. The fourth-order valence-corrected chi connectivity index (χ4v) is 7.73. The Bertz CT molecular complexity index is 1820. The number of rotatable bonds is 9. The molecule has 1 aliphatic carbocycles. The third-order valence-corrected chi connectivity index (χ3v) is 10.3. The highest BCUT2D eigenvalue weighted by molar-refractivity contribution is 6.30. The number of benzene rings is 2. The van der Waals surface area contributed by atoms with Crippen LogP contribution < -0.4 is 4.90 Å². The van der Waals surface area contributed by atoms with Gasteiger partial charge in [-0.05, 0) is 89.6 Å². The molecule has 1 aromatic heterocycles. The van der Waals surface area contributed by atoms with Gasteiger partial charge in [0.2, 0.25) is 5.91 Å². The van der Waals surface area contributed by atoms with Crippen molar-refractivity contribution in [3.8, 4) is 0 Å². The van der Waals surface area contributed by atoms with Gasteiger partial charge in [0.05, 0.1) is 22.1 Å². The van der Waals surface area contributed by atoms with E-state index >= 15 is 0 Å². The number of esters is 1. The fourth-order valence-electron chi connectivity index (χ4n) is 7.60. The molecule has 52 heavy (non-hydrogen) atoms. The number of non-ortho nitro benzene ring substituents is 1. The third-order valence-electron chi connectivity index (χ3n) is 10.1. The predicted octanol–water partition coefficient (Wildman–Crippen LogP) is 7.05. The van der Waals surface area contributed by atoms with Gasteiger partial charge in [-0.25, -0.2) is 19.6 Å². The molecule has 2 aliphatic heterocycles.